The van der Waals surface area contributed by atoms with Crippen molar-refractivity contribution in [3.05, 3.63) is 106 Å². The van der Waals surface area contributed by atoms with Crippen molar-refractivity contribution >= 4 is 23.2 Å². The molecule has 1 heterocycles. The lowest BCUT2D eigenvalue weighted by molar-refractivity contribution is -0.00652. The number of aliphatic hydroxyl groups is 1. The van der Waals surface area contributed by atoms with Crippen molar-refractivity contribution in [1.29, 1.82) is 0 Å². The molecule has 0 amide bonds. The van der Waals surface area contributed by atoms with Crippen LogP contribution < -0.4 is 0 Å². The van der Waals surface area contributed by atoms with E-state index in [-0.39, 0.29) is 6.04 Å². The van der Waals surface area contributed by atoms with Gasteiger partial charge in [-0.15, -0.1) is 0 Å². The molecule has 1 N–H and O–H groups in total. The maximum absolute atomic E-state index is 12.2. The predicted octanol–water partition coefficient (Wildman–Crippen LogP) is 5.89. The third kappa shape index (κ3) is 3.83. The van der Waals surface area contributed by atoms with Crippen molar-refractivity contribution in [1.82, 2.24) is 4.90 Å². The first-order valence-electron chi connectivity index (χ1n) is 9.60. The van der Waals surface area contributed by atoms with Crippen LogP contribution >= 0.6 is 23.2 Å². The Bertz CT molecular complexity index is 864. The van der Waals surface area contributed by atoms with Gasteiger partial charge >= 0.3 is 0 Å². The lowest BCUT2D eigenvalue weighted by Crippen LogP contribution is -2.48. The van der Waals surface area contributed by atoms with E-state index in [1.807, 2.05) is 54.6 Å². The fourth-order valence-corrected chi connectivity index (χ4v) is 4.52. The van der Waals surface area contributed by atoms with Crippen LogP contribution in [0.2, 0.25) is 10.0 Å². The zero-order chi connectivity index (χ0) is 19.6. The molecule has 144 valence electrons. The van der Waals surface area contributed by atoms with Gasteiger partial charge in [0.15, 0.2) is 0 Å². The second-order valence-corrected chi connectivity index (χ2v) is 8.27. The van der Waals surface area contributed by atoms with E-state index in [0.29, 0.717) is 10.0 Å². The van der Waals surface area contributed by atoms with Crippen molar-refractivity contribution in [3.63, 3.8) is 0 Å². The summed E-state index contributed by atoms with van der Waals surface area (Å²) in [6.45, 7) is 1.78. The number of hydrogen-bond donors (Lipinski definition) is 1. The summed E-state index contributed by atoms with van der Waals surface area (Å²) in [5.41, 5.74) is 1.82. The Hall–Kier alpha value is -1.84. The summed E-state index contributed by atoms with van der Waals surface area (Å²) in [5.74, 6) is 0. The average molecular weight is 412 g/mol. The molecule has 4 rings (SSSR count). The average Bonchev–Trinajstić information content (AvgIpc) is 3.18. The van der Waals surface area contributed by atoms with E-state index in [4.69, 9.17) is 23.2 Å². The second kappa shape index (κ2) is 8.26. The van der Waals surface area contributed by atoms with Gasteiger partial charge in [-0.25, -0.2) is 0 Å². The van der Waals surface area contributed by atoms with Crippen molar-refractivity contribution in [2.75, 3.05) is 6.54 Å². The quantitative estimate of drug-likeness (QED) is 0.565. The number of hydrogen-bond acceptors (Lipinski definition) is 2. The third-order valence-electron chi connectivity index (χ3n) is 5.64. The summed E-state index contributed by atoms with van der Waals surface area (Å²) in [4.78, 5) is 2.39. The van der Waals surface area contributed by atoms with Gasteiger partial charge in [0.2, 0.25) is 0 Å². The molecule has 1 fully saturated rings. The normalized spacial score (nSPS) is 17.8. The van der Waals surface area contributed by atoms with Gasteiger partial charge in [-0.05, 0) is 60.3 Å². The Morgan fingerprint density at radius 1 is 0.821 bits per heavy atom. The van der Waals surface area contributed by atoms with Crippen LogP contribution in [0.1, 0.15) is 29.5 Å². The molecule has 1 aliphatic heterocycles. The number of halogens is 2. The van der Waals surface area contributed by atoms with E-state index in [1.165, 1.54) is 5.56 Å². The molecule has 0 aromatic heterocycles. The largest absolute Gasteiger partial charge is 0.379 e. The van der Waals surface area contributed by atoms with Gasteiger partial charge < -0.3 is 5.11 Å². The van der Waals surface area contributed by atoms with Crippen molar-refractivity contribution in [2.45, 2.75) is 31.0 Å². The van der Waals surface area contributed by atoms with Crippen LogP contribution in [0.5, 0.6) is 0 Å². The maximum Gasteiger partial charge on any atom is 0.130 e. The van der Waals surface area contributed by atoms with Crippen molar-refractivity contribution in [3.8, 4) is 0 Å². The van der Waals surface area contributed by atoms with Crippen LogP contribution in [-0.4, -0.2) is 22.6 Å². The van der Waals surface area contributed by atoms with Crippen LogP contribution in [-0.2, 0) is 12.1 Å². The van der Waals surface area contributed by atoms with E-state index in [9.17, 15) is 5.11 Å². The van der Waals surface area contributed by atoms with E-state index in [2.05, 4.69) is 29.2 Å². The minimum Gasteiger partial charge on any atom is -0.379 e. The van der Waals surface area contributed by atoms with E-state index < -0.39 is 5.60 Å². The molecule has 0 radical (unpaired) electrons. The maximum atomic E-state index is 12.2. The fourth-order valence-electron chi connectivity index (χ4n) is 4.27. The summed E-state index contributed by atoms with van der Waals surface area (Å²) in [6.07, 6.45) is 1.98. The van der Waals surface area contributed by atoms with E-state index in [0.717, 1.165) is 37.1 Å². The van der Waals surface area contributed by atoms with Gasteiger partial charge in [0.25, 0.3) is 0 Å². The molecule has 2 nitrogen and oxygen atoms in total. The molecular formula is C24H23Cl2NO. The highest BCUT2D eigenvalue weighted by molar-refractivity contribution is 6.30. The number of likely N-dealkylation sites (tertiary alicyclic amines) is 1. The van der Waals surface area contributed by atoms with Crippen LogP contribution in [0, 0.1) is 0 Å². The van der Waals surface area contributed by atoms with Gasteiger partial charge in [0.05, 0.1) is 0 Å². The zero-order valence-electron chi connectivity index (χ0n) is 15.6. The molecule has 1 atom stereocenters. The molecule has 0 unspecified atom stereocenters. The number of nitrogens with zero attached hydrogens (tertiary/aromatic N) is 1. The molecule has 0 spiro atoms. The summed E-state index contributed by atoms with van der Waals surface area (Å²) >= 11 is 12.2. The molecule has 0 saturated carbocycles. The van der Waals surface area contributed by atoms with Crippen LogP contribution in [0.25, 0.3) is 0 Å². The van der Waals surface area contributed by atoms with E-state index >= 15 is 0 Å². The summed E-state index contributed by atoms with van der Waals surface area (Å²) in [6, 6.07) is 25.5. The molecule has 1 saturated heterocycles. The molecule has 1 aliphatic rings. The van der Waals surface area contributed by atoms with Gasteiger partial charge in [-0.2, -0.15) is 0 Å². The Balaban J connectivity index is 1.76. The second-order valence-electron chi connectivity index (χ2n) is 7.39. The predicted molar refractivity (Wildman–Crippen MR) is 116 cm³/mol. The molecule has 28 heavy (non-hydrogen) atoms. The first-order valence-corrected chi connectivity index (χ1v) is 10.4. The highest BCUT2D eigenvalue weighted by Crippen LogP contribution is 2.41. The molecule has 4 heteroatoms. The first-order chi connectivity index (χ1) is 13.6. The van der Waals surface area contributed by atoms with Crippen LogP contribution in [0.3, 0.4) is 0 Å². The highest BCUT2D eigenvalue weighted by Gasteiger charge is 2.45. The highest BCUT2D eigenvalue weighted by atomic mass is 35.5. The molecule has 0 aliphatic carbocycles. The van der Waals surface area contributed by atoms with Gasteiger partial charge in [-0.1, -0.05) is 77.8 Å². The fraction of sp³-hybridized carbons (Fsp3) is 0.250. The third-order valence-corrected chi connectivity index (χ3v) is 6.15. The van der Waals surface area contributed by atoms with Crippen LogP contribution in [0.15, 0.2) is 78.9 Å². The molecule has 3 aromatic rings. The smallest absolute Gasteiger partial charge is 0.130 e. The monoisotopic (exact) mass is 411 g/mol. The summed E-state index contributed by atoms with van der Waals surface area (Å²) in [7, 11) is 0. The standard InChI is InChI=1S/C24H23Cl2NO/c25-21-12-8-19(9-13-21)24(28,20-10-14-22(26)15-11-20)23-7-4-16-27(23)17-18-5-2-1-3-6-18/h1-3,5-6,8-15,23,28H,4,7,16-17H2/t23-/m0/s1. The van der Waals surface area contributed by atoms with Crippen LogP contribution in [0.4, 0.5) is 0 Å². The Labute approximate surface area is 176 Å². The summed E-state index contributed by atoms with van der Waals surface area (Å²) < 4.78 is 0. The topological polar surface area (TPSA) is 23.5 Å². The van der Waals surface area contributed by atoms with Gasteiger partial charge in [0.1, 0.15) is 5.60 Å². The molecule has 3 aromatic carbocycles. The van der Waals surface area contributed by atoms with Crippen molar-refractivity contribution < 1.29 is 5.11 Å². The first kappa shape index (κ1) is 19.5. The van der Waals surface area contributed by atoms with E-state index in [1.54, 1.807) is 0 Å². The molecular weight excluding hydrogens is 389 g/mol. The van der Waals surface area contributed by atoms with Crippen molar-refractivity contribution in [2.24, 2.45) is 0 Å². The summed E-state index contributed by atoms with van der Waals surface area (Å²) in [5, 5.41) is 13.5. The van der Waals surface area contributed by atoms with Gasteiger partial charge in [0, 0.05) is 22.6 Å². The lowest BCUT2D eigenvalue weighted by atomic mass is 9.79. The minimum absolute atomic E-state index is 0.0324. The lowest BCUT2D eigenvalue weighted by Gasteiger charge is -2.40. The number of benzene rings is 3. The minimum atomic E-state index is -1.14. The zero-order valence-corrected chi connectivity index (χ0v) is 17.1. The SMILES string of the molecule is OC(c1ccc(Cl)cc1)(c1ccc(Cl)cc1)[C@@H]1CCCN1Cc1ccccc1. The Morgan fingerprint density at radius 3 is 1.89 bits per heavy atom. The Kier molecular flexibility index (Phi) is 5.75. The van der Waals surface area contributed by atoms with Gasteiger partial charge in [-0.3, -0.25) is 4.90 Å². The molecule has 0 bridgehead atoms. The number of rotatable bonds is 5. The Morgan fingerprint density at radius 2 is 1.36 bits per heavy atom.